The lowest BCUT2D eigenvalue weighted by Crippen LogP contribution is -1.82. The summed E-state index contributed by atoms with van der Waals surface area (Å²) in [4.78, 5) is 4.16. The minimum atomic E-state index is 0.427. The van der Waals surface area contributed by atoms with E-state index in [1.165, 1.54) is 0 Å². The van der Waals surface area contributed by atoms with Crippen LogP contribution in [0.1, 0.15) is 5.69 Å². The Bertz CT molecular complexity index is 369. The van der Waals surface area contributed by atoms with Gasteiger partial charge in [-0.2, -0.15) is 0 Å². The molecule has 56 valence electrons. The number of pyridine rings is 1. The van der Waals surface area contributed by atoms with E-state index in [1.807, 2.05) is 18.2 Å². The lowest BCUT2D eigenvalue weighted by atomic mass is 10.3. The Morgan fingerprint density at radius 1 is 1.36 bits per heavy atom. The minimum Gasteiger partial charge on any atom is -0.446 e. The van der Waals surface area contributed by atoms with Crippen LogP contribution in [0.15, 0.2) is 28.9 Å². The van der Waals surface area contributed by atoms with Crippen LogP contribution in [0.4, 0.5) is 0 Å². The molecule has 2 aromatic heterocycles. The van der Waals surface area contributed by atoms with Crippen molar-refractivity contribution in [2.75, 3.05) is 0 Å². The molecule has 0 bridgehead atoms. The first-order chi connectivity index (χ1) is 5.40. The maximum atomic E-state index is 5.59. The number of furan rings is 1. The number of fused-ring (bicyclic) bond motifs is 1. The molecule has 11 heavy (non-hydrogen) atoms. The van der Waals surface area contributed by atoms with E-state index in [0.29, 0.717) is 11.6 Å². The predicted octanol–water partition coefficient (Wildman–Crippen LogP) is 2.57. The third-order valence-corrected chi connectivity index (χ3v) is 1.79. The third-order valence-electron chi connectivity index (χ3n) is 1.51. The third kappa shape index (κ3) is 1.10. The van der Waals surface area contributed by atoms with Crippen LogP contribution >= 0.6 is 11.6 Å². The van der Waals surface area contributed by atoms with Crippen molar-refractivity contribution in [3.8, 4) is 0 Å². The summed E-state index contributed by atoms with van der Waals surface area (Å²) in [6.07, 6.45) is 1.62. The highest BCUT2D eigenvalue weighted by Crippen LogP contribution is 2.13. The predicted molar refractivity (Wildman–Crippen MR) is 43.6 cm³/mol. The van der Waals surface area contributed by atoms with Crippen molar-refractivity contribution < 1.29 is 4.42 Å². The van der Waals surface area contributed by atoms with Gasteiger partial charge in [0.25, 0.3) is 0 Å². The summed E-state index contributed by atoms with van der Waals surface area (Å²) in [5.74, 6) is 0.427. The second-order valence-corrected chi connectivity index (χ2v) is 2.52. The molecular formula is C8H6ClNO. The number of hydrogen-bond donors (Lipinski definition) is 0. The molecule has 0 atom stereocenters. The lowest BCUT2D eigenvalue weighted by Gasteiger charge is -1.91. The zero-order valence-electron chi connectivity index (χ0n) is 5.75. The standard InChI is InChI=1S/C8H6ClNO/c9-5-7-2-1-6-3-4-11-8(6)10-7/h1-4H,5H2. The fourth-order valence-electron chi connectivity index (χ4n) is 0.957. The van der Waals surface area contributed by atoms with Gasteiger partial charge in [0.15, 0.2) is 0 Å². The summed E-state index contributed by atoms with van der Waals surface area (Å²) in [5.41, 5.74) is 1.50. The maximum Gasteiger partial charge on any atom is 0.226 e. The van der Waals surface area contributed by atoms with E-state index in [9.17, 15) is 0 Å². The lowest BCUT2D eigenvalue weighted by molar-refractivity contribution is 0.602. The van der Waals surface area contributed by atoms with Gasteiger partial charge < -0.3 is 4.42 Å². The van der Waals surface area contributed by atoms with Crippen LogP contribution < -0.4 is 0 Å². The molecule has 0 radical (unpaired) electrons. The van der Waals surface area contributed by atoms with Gasteiger partial charge in [0, 0.05) is 5.39 Å². The highest BCUT2D eigenvalue weighted by molar-refractivity contribution is 6.16. The number of aromatic nitrogens is 1. The van der Waals surface area contributed by atoms with Crippen LogP contribution in [0.25, 0.3) is 11.1 Å². The Labute approximate surface area is 68.8 Å². The van der Waals surface area contributed by atoms with Crippen LogP contribution in [0, 0.1) is 0 Å². The maximum absolute atomic E-state index is 5.59. The molecule has 0 unspecified atom stereocenters. The fraction of sp³-hybridized carbons (Fsp3) is 0.125. The molecular weight excluding hydrogens is 162 g/mol. The first-order valence-corrected chi connectivity index (χ1v) is 3.83. The van der Waals surface area contributed by atoms with Gasteiger partial charge in [-0.3, -0.25) is 0 Å². The van der Waals surface area contributed by atoms with Crippen molar-refractivity contribution >= 4 is 22.7 Å². The van der Waals surface area contributed by atoms with Crippen molar-refractivity contribution in [3.63, 3.8) is 0 Å². The van der Waals surface area contributed by atoms with Gasteiger partial charge in [0.1, 0.15) is 0 Å². The van der Waals surface area contributed by atoms with Crippen molar-refractivity contribution in [1.29, 1.82) is 0 Å². The summed E-state index contributed by atoms with van der Waals surface area (Å²) < 4.78 is 5.09. The first-order valence-electron chi connectivity index (χ1n) is 3.29. The highest BCUT2D eigenvalue weighted by atomic mass is 35.5. The first kappa shape index (κ1) is 6.68. The van der Waals surface area contributed by atoms with E-state index in [1.54, 1.807) is 6.26 Å². The molecule has 0 fully saturated rings. The molecule has 3 heteroatoms. The molecule has 0 aliphatic heterocycles. The summed E-state index contributed by atoms with van der Waals surface area (Å²) in [5, 5.41) is 1.01. The van der Waals surface area contributed by atoms with Crippen LogP contribution in [-0.2, 0) is 5.88 Å². The van der Waals surface area contributed by atoms with Gasteiger partial charge in [-0.05, 0) is 18.2 Å². The molecule has 0 saturated carbocycles. The van der Waals surface area contributed by atoms with E-state index in [-0.39, 0.29) is 0 Å². The topological polar surface area (TPSA) is 26.0 Å². The number of hydrogen-bond acceptors (Lipinski definition) is 2. The van der Waals surface area contributed by atoms with Gasteiger partial charge in [-0.1, -0.05) is 0 Å². The van der Waals surface area contributed by atoms with E-state index in [0.717, 1.165) is 11.1 Å². The zero-order valence-corrected chi connectivity index (χ0v) is 6.51. The Balaban J connectivity index is 2.67. The quantitative estimate of drug-likeness (QED) is 0.611. The Kier molecular flexibility index (Phi) is 1.55. The highest BCUT2D eigenvalue weighted by Gasteiger charge is 1.98. The van der Waals surface area contributed by atoms with Crippen molar-refractivity contribution in [2.24, 2.45) is 0 Å². The van der Waals surface area contributed by atoms with Crippen LogP contribution in [0.2, 0.25) is 0 Å². The van der Waals surface area contributed by atoms with Crippen molar-refractivity contribution in [2.45, 2.75) is 5.88 Å². The van der Waals surface area contributed by atoms with Crippen LogP contribution in [0.3, 0.4) is 0 Å². The number of rotatable bonds is 1. The smallest absolute Gasteiger partial charge is 0.226 e. The molecule has 0 aromatic carbocycles. The summed E-state index contributed by atoms with van der Waals surface area (Å²) in [7, 11) is 0. The molecule has 0 aliphatic carbocycles. The fourth-order valence-corrected chi connectivity index (χ4v) is 1.11. The molecule has 2 nitrogen and oxygen atoms in total. The normalized spacial score (nSPS) is 10.6. The molecule has 2 aromatic rings. The molecule has 0 aliphatic rings. The average Bonchev–Trinajstić information content (AvgIpc) is 2.50. The zero-order chi connectivity index (χ0) is 7.68. The monoisotopic (exact) mass is 167 g/mol. The molecule has 0 spiro atoms. The van der Waals surface area contributed by atoms with Gasteiger partial charge in [-0.25, -0.2) is 4.98 Å². The molecule has 0 saturated heterocycles. The summed E-state index contributed by atoms with van der Waals surface area (Å²) in [6.45, 7) is 0. The van der Waals surface area contributed by atoms with Crippen molar-refractivity contribution in [3.05, 3.63) is 30.2 Å². The Morgan fingerprint density at radius 3 is 3.09 bits per heavy atom. The van der Waals surface area contributed by atoms with E-state index < -0.39 is 0 Å². The van der Waals surface area contributed by atoms with Gasteiger partial charge in [0.05, 0.1) is 17.8 Å². The van der Waals surface area contributed by atoms with Gasteiger partial charge in [-0.15, -0.1) is 11.6 Å². The molecule has 2 heterocycles. The summed E-state index contributed by atoms with van der Waals surface area (Å²) >= 11 is 5.59. The van der Waals surface area contributed by atoms with E-state index in [4.69, 9.17) is 16.0 Å². The number of alkyl halides is 1. The van der Waals surface area contributed by atoms with E-state index in [2.05, 4.69) is 4.98 Å². The second kappa shape index (κ2) is 2.55. The Hall–Kier alpha value is -1.02. The minimum absolute atomic E-state index is 0.427. The number of nitrogens with zero attached hydrogens (tertiary/aromatic N) is 1. The molecule has 2 rings (SSSR count). The number of halogens is 1. The van der Waals surface area contributed by atoms with Gasteiger partial charge in [0.2, 0.25) is 5.71 Å². The Morgan fingerprint density at radius 2 is 2.27 bits per heavy atom. The SMILES string of the molecule is ClCc1ccc2ccoc2n1. The van der Waals surface area contributed by atoms with Gasteiger partial charge >= 0.3 is 0 Å². The van der Waals surface area contributed by atoms with Crippen LogP contribution in [0.5, 0.6) is 0 Å². The van der Waals surface area contributed by atoms with Crippen LogP contribution in [-0.4, -0.2) is 4.98 Å². The van der Waals surface area contributed by atoms with E-state index >= 15 is 0 Å². The van der Waals surface area contributed by atoms with Crippen molar-refractivity contribution in [1.82, 2.24) is 4.98 Å². The average molecular weight is 168 g/mol. The molecule has 0 N–H and O–H groups in total. The molecule has 0 amide bonds. The largest absolute Gasteiger partial charge is 0.446 e. The second-order valence-electron chi connectivity index (χ2n) is 2.25. The summed E-state index contributed by atoms with van der Waals surface area (Å²) in [6, 6.07) is 5.72.